The van der Waals surface area contributed by atoms with Crippen molar-refractivity contribution in [1.29, 1.82) is 0 Å². The molecule has 0 unspecified atom stereocenters. The summed E-state index contributed by atoms with van der Waals surface area (Å²) < 4.78 is 0. The van der Waals surface area contributed by atoms with Crippen LogP contribution in [-0.4, -0.2) is 9.97 Å². The highest BCUT2D eigenvalue weighted by Crippen LogP contribution is 2.26. The third-order valence-corrected chi connectivity index (χ3v) is 4.13. The average Bonchev–Trinajstić information content (AvgIpc) is 2.86. The number of anilines is 1. The Morgan fingerprint density at radius 1 is 1.11 bits per heavy atom. The second-order valence-electron chi connectivity index (χ2n) is 4.41. The highest BCUT2D eigenvalue weighted by molar-refractivity contribution is 7.98. The third kappa shape index (κ3) is 2.34. The molecule has 3 nitrogen and oxygen atoms in total. The molecule has 1 aliphatic rings. The van der Waals surface area contributed by atoms with Gasteiger partial charge in [-0.25, -0.2) is 9.97 Å². The van der Waals surface area contributed by atoms with Gasteiger partial charge in [0.25, 0.3) is 0 Å². The van der Waals surface area contributed by atoms with Gasteiger partial charge in [-0.2, -0.15) is 0 Å². The molecule has 2 N–H and O–H groups in total. The fraction of sp³-hybridized carbons (Fsp3) is 0.286. The Morgan fingerprint density at radius 2 is 1.94 bits per heavy atom. The quantitative estimate of drug-likeness (QED) is 0.859. The average molecular weight is 257 g/mol. The molecular formula is C14H15N3S. The lowest BCUT2D eigenvalue weighted by molar-refractivity contribution is 0.893. The summed E-state index contributed by atoms with van der Waals surface area (Å²) in [5, 5.41) is 0. The van der Waals surface area contributed by atoms with Gasteiger partial charge in [-0.05, 0) is 31.4 Å². The molecule has 0 amide bonds. The van der Waals surface area contributed by atoms with Crippen molar-refractivity contribution in [2.24, 2.45) is 0 Å². The molecule has 0 radical (unpaired) electrons. The molecule has 2 aromatic rings. The molecule has 1 aromatic heterocycles. The number of aryl methyl sites for hydroxylation is 1. The lowest BCUT2D eigenvalue weighted by atomic mass is 10.2. The smallest absolute Gasteiger partial charge is 0.141 e. The van der Waals surface area contributed by atoms with Crippen molar-refractivity contribution in [2.75, 3.05) is 5.73 Å². The van der Waals surface area contributed by atoms with E-state index in [0.29, 0.717) is 5.82 Å². The van der Waals surface area contributed by atoms with Gasteiger partial charge in [0.05, 0.1) is 5.75 Å². The first-order valence-corrected chi connectivity index (χ1v) is 7.13. The zero-order valence-electron chi connectivity index (χ0n) is 10.1. The van der Waals surface area contributed by atoms with Crippen LogP contribution in [0.15, 0.2) is 35.2 Å². The molecule has 0 spiro atoms. The highest BCUT2D eigenvalue weighted by Gasteiger charge is 2.17. The zero-order valence-corrected chi connectivity index (χ0v) is 10.9. The fourth-order valence-electron chi connectivity index (χ4n) is 2.24. The SMILES string of the molecule is Nc1nc(CSc2ccccc2)nc2c1CCC2. The van der Waals surface area contributed by atoms with Crippen LogP contribution in [0.4, 0.5) is 5.82 Å². The topological polar surface area (TPSA) is 51.8 Å². The van der Waals surface area contributed by atoms with E-state index in [1.807, 2.05) is 18.2 Å². The van der Waals surface area contributed by atoms with Crippen molar-refractivity contribution >= 4 is 17.6 Å². The summed E-state index contributed by atoms with van der Waals surface area (Å²) in [5.74, 6) is 2.31. The molecule has 0 saturated carbocycles. The molecule has 92 valence electrons. The first-order chi connectivity index (χ1) is 8.83. The zero-order chi connectivity index (χ0) is 12.4. The largest absolute Gasteiger partial charge is 0.383 e. The first-order valence-electron chi connectivity index (χ1n) is 6.15. The summed E-state index contributed by atoms with van der Waals surface area (Å²) in [6.45, 7) is 0. The maximum absolute atomic E-state index is 5.98. The lowest BCUT2D eigenvalue weighted by Crippen LogP contribution is -2.04. The van der Waals surface area contributed by atoms with Crippen LogP contribution in [0.5, 0.6) is 0 Å². The molecule has 1 aliphatic carbocycles. The van der Waals surface area contributed by atoms with Gasteiger partial charge in [0, 0.05) is 16.2 Å². The summed E-state index contributed by atoms with van der Waals surface area (Å²) in [6, 6.07) is 10.3. The summed E-state index contributed by atoms with van der Waals surface area (Å²) in [5.41, 5.74) is 8.31. The summed E-state index contributed by atoms with van der Waals surface area (Å²) in [4.78, 5) is 10.3. The van der Waals surface area contributed by atoms with Crippen LogP contribution in [0.2, 0.25) is 0 Å². The van der Waals surface area contributed by atoms with E-state index < -0.39 is 0 Å². The number of nitrogen functional groups attached to an aromatic ring is 1. The van der Waals surface area contributed by atoms with E-state index in [2.05, 4.69) is 22.1 Å². The minimum absolute atomic E-state index is 0.682. The Balaban J connectivity index is 1.76. The van der Waals surface area contributed by atoms with Gasteiger partial charge < -0.3 is 5.73 Å². The molecule has 0 fully saturated rings. The molecule has 0 atom stereocenters. The lowest BCUT2D eigenvalue weighted by Gasteiger charge is -2.06. The van der Waals surface area contributed by atoms with E-state index in [1.54, 1.807) is 11.8 Å². The molecule has 1 aromatic carbocycles. The number of nitrogens with two attached hydrogens (primary N) is 1. The minimum Gasteiger partial charge on any atom is -0.383 e. The number of nitrogens with zero attached hydrogens (tertiary/aromatic N) is 2. The minimum atomic E-state index is 0.682. The number of rotatable bonds is 3. The number of benzene rings is 1. The molecule has 0 bridgehead atoms. The van der Waals surface area contributed by atoms with Gasteiger partial charge in [-0.15, -0.1) is 11.8 Å². The molecule has 0 aliphatic heterocycles. The van der Waals surface area contributed by atoms with Crippen molar-refractivity contribution < 1.29 is 0 Å². The normalized spacial score (nSPS) is 13.6. The second kappa shape index (κ2) is 4.98. The Morgan fingerprint density at radius 3 is 2.78 bits per heavy atom. The van der Waals surface area contributed by atoms with E-state index in [4.69, 9.17) is 5.73 Å². The van der Waals surface area contributed by atoms with E-state index >= 15 is 0 Å². The van der Waals surface area contributed by atoms with Crippen LogP contribution < -0.4 is 5.73 Å². The van der Waals surface area contributed by atoms with Crippen molar-refractivity contribution in [3.05, 3.63) is 47.4 Å². The Kier molecular flexibility index (Phi) is 3.19. The van der Waals surface area contributed by atoms with E-state index in [9.17, 15) is 0 Å². The maximum atomic E-state index is 5.98. The first kappa shape index (κ1) is 11.5. The standard InChI is InChI=1S/C14H15N3S/c15-14-11-7-4-8-12(11)16-13(17-14)9-18-10-5-2-1-3-6-10/h1-3,5-6H,4,7-9H2,(H2,15,16,17). The van der Waals surface area contributed by atoms with Crippen LogP contribution >= 0.6 is 11.8 Å². The van der Waals surface area contributed by atoms with Gasteiger partial charge in [-0.1, -0.05) is 18.2 Å². The Bertz CT molecular complexity index is 554. The van der Waals surface area contributed by atoms with Crippen molar-refractivity contribution in [3.63, 3.8) is 0 Å². The van der Waals surface area contributed by atoms with Gasteiger partial charge in [0.15, 0.2) is 0 Å². The number of aromatic nitrogens is 2. The highest BCUT2D eigenvalue weighted by atomic mass is 32.2. The Labute approximate surface area is 111 Å². The predicted molar refractivity (Wildman–Crippen MR) is 74.5 cm³/mol. The van der Waals surface area contributed by atoms with Gasteiger partial charge in [0.2, 0.25) is 0 Å². The van der Waals surface area contributed by atoms with Gasteiger partial charge in [-0.3, -0.25) is 0 Å². The predicted octanol–water partition coefficient (Wildman–Crippen LogP) is 2.84. The summed E-state index contributed by atoms with van der Waals surface area (Å²) >= 11 is 1.75. The Hall–Kier alpha value is -1.55. The van der Waals surface area contributed by atoms with Crippen LogP contribution in [0.3, 0.4) is 0 Å². The van der Waals surface area contributed by atoms with Crippen LogP contribution in [-0.2, 0) is 18.6 Å². The maximum Gasteiger partial charge on any atom is 0.141 e. The van der Waals surface area contributed by atoms with E-state index in [1.165, 1.54) is 10.5 Å². The summed E-state index contributed by atoms with van der Waals surface area (Å²) in [6.07, 6.45) is 3.24. The number of fused-ring (bicyclic) bond motifs is 1. The van der Waals surface area contributed by atoms with Crippen molar-refractivity contribution in [1.82, 2.24) is 9.97 Å². The van der Waals surface area contributed by atoms with Crippen molar-refractivity contribution in [2.45, 2.75) is 29.9 Å². The molecule has 3 rings (SSSR count). The molecule has 4 heteroatoms. The molecule has 1 heterocycles. The number of hydrogen-bond acceptors (Lipinski definition) is 4. The van der Waals surface area contributed by atoms with Crippen LogP contribution in [0.25, 0.3) is 0 Å². The third-order valence-electron chi connectivity index (χ3n) is 3.12. The monoisotopic (exact) mass is 257 g/mol. The fourth-order valence-corrected chi connectivity index (χ4v) is 3.02. The second-order valence-corrected chi connectivity index (χ2v) is 5.45. The van der Waals surface area contributed by atoms with Gasteiger partial charge in [0.1, 0.15) is 11.6 Å². The van der Waals surface area contributed by atoms with Crippen molar-refractivity contribution in [3.8, 4) is 0 Å². The number of thioether (sulfide) groups is 1. The molecular weight excluding hydrogens is 242 g/mol. The van der Waals surface area contributed by atoms with Crippen LogP contribution in [0.1, 0.15) is 23.5 Å². The van der Waals surface area contributed by atoms with E-state index in [0.717, 1.165) is 36.5 Å². The van der Waals surface area contributed by atoms with Gasteiger partial charge >= 0.3 is 0 Å². The molecule has 0 saturated heterocycles. The number of hydrogen-bond donors (Lipinski definition) is 1. The van der Waals surface area contributed by atoms with Crippen LogP contribution in [0, 0.1) is 0 Å². The molecule has 18 heavy (non-hydrogen) atoms. The van der Waals surface area contributed by atoms with E-state index in [-0.39, 0.29) is 0 Å². The summed E-state index contributed by atoms with van der Waals surface area (Å²) in [7, 11) is 0.